The van der Waals surface area contributed by atoms with E-state index >= 15 is 0 Å². The summed E-state index contributed by atoms with van der Waals surface area (Å²) < 4.78 is 0. The van der Waals surface area contributed by atoms with Crippen molar-refractivity contribution in [3.63, 3.8) is 0 Å². The first-order valence-corrected chi connectivity index (χ1v) is 7.34. The molecule has 0 spiro atoms. The first kappa shape index (κ1) is 19.8. The number of nitrogens with one attached hydrogen (secondary N) is 1. The minimum atomic E-state index is -0.693. The molecule has 1 aliphatic heterocycles. The van der Waals surface area contributed by atoms with Crippen molar-refractivity contribution in [2.45, 2.75) is 57.7 Å². The molecule has 0 aromatic rings. The molecule has 1 saturated heterocycles. The van der Waals surface area contributed by atoms with Crippen LogP contribution in [0.5, 0.6) is 0 Å². The van der Waals surface area contributed by atoms with Gasteiger partial charge in [-0.2, -0.15) is 0 Å². The number of likely N-dealkylation sites (tertiary alicyclic amines) is 1. The summed E-state index contributed by atoms with van der Waals surface area (Å²) in [7, 11) is 5.18. The van der Waals surface area contributed by atoms with Gasteiger partial charge in [-0.05, 0) is 32.1 Å². The quantitative estimate of drug-likeness (QED) is 0.699. The van der Waals surface area contributed by atoms with E-state index in [1.807, 2.05) is 6.92 Å². The van der Waals surface area contributed by atoms with Gasteiger partial charge in [-0.25, -0.2) is 0 Å². The van der Waals surface area contributed by atoms with Crippen LogP contribution >= 0.6 is 0 Å². The largest absolute Gasteiger partial charge is 0.690 e. The number of Topliss-reactive ketones (excluding diaryl/α,β-unsaturated/α-hetero) is 1. The average Bonchev–Trinajstić information content (AvgIpc) is 3.12. The fourth-order valence-corrected chi connectivity index (χ4v) is 2.85. The second-order valence-electron chi connectivity index (χ2n) is 6.30. The van der Waals surface area contributed by atoms with Gasteiger partial charge in [0.2, 0.25) is 11.8 Å². The van der Waals surface area contributed by atoms with E-state index < -0.39 is 17.6 Å². The summed E-state index contributed by atoms with van der Waals surface area (Å²) in [6.07, 6.45) is 1.96. The number of carbonyl (C=O) groups is 3. The fourth-order valence-electron chi connectivity index (χ4n) is 2.85. The molecule has 3 radical (unpaired) electrons. The maximum Gasteiger partial charge on any atom is 0.243 e. The minimum Gasteiger partial charge on any atom is -0.690 e. The third kappa shape index (κ3) is 3.98. The molecular weight excluding hydrogens is 358 g/mol. The number of amides is 2. The maximum atomic E-state index is 12.5. The van der Waals surface area contributed by atoms with Crippen molar-refractivity contribution in [2.75, 3.05) is 6.54 Å². The zero-order valence-corrected chi connectivity index (χ0v) is 16.2. The van der Waals surface area contributed by atoms with E-state index in [0.29, 0.717) is 25.8 Å². The summed E-state index contributed by atoms with van der Waals surface area (Å²) in [5, 5.41) is 6.32. The van der Waals surface area contributed by atoms with Gasteiger partial charge in [0.1, 0.15) is 6.04 Å². The second-order valence-corrected chi connectivity index (χ2v) is 6.30. The smallest absolute Gasteiger partial charge is 0.243 e. The fraction of sp³-hybridized carbons (Fsp3) is 0.786. The van der Waals surface area contributed by atoms with Crippen LogP contribution in [-0.2, 0) is 47.1 Å². The van der Waals surface area contributed by atoms with Crippen LogP contribution in [0, 0.1) is 5.92 Å². The normalized spacial score (nSPS) is 26.8. The molecular formula is C14H21BN3O3Y-. The van der Waals surface area contributed by atoms with Gasteiger partial charge in [-0.15, -0.1) is 7.98 Å². The molecule has 1 saturated carbocycles. The van der Waals surface area contributed by atoms with Crippen LogP contribution in [0.2, 0.25) is 0 Å². The number of rotatable bonds is 5. The molecule has 8 heteroatoms. The Morgan fingerprint density at radius 2 is 1.95 bits per heavy atom. The molecule has 1 aliphatic carbocycles. The number of hydrogen-bond acceptors (Lipinski definition) is 3. The van der Waals surface area contributed by atoms with Gasteiger partial charge in [0.05, 0.1) is 5.54 Å². The minimum absolute atomic E-state index is 0. The summed E-state index contributed by atoms with van der Waals surface area (Å²) in [4.78, 5) is 37.8. The zero-order chi connectivity index (χ0) is 15.8. The number of nitrogens with zero attached hydrogens (tertiary/aromatic N) is 2. The Labute approximate surface area is 157 Å². The predicted molar refractivity (Wildman–Crippen MR) is 78.6 cm³/mol. The van der Waals surface area contributed by atoms with Crippen LogP contribution < -0.4 is 5.32 Å². The van der Waals surface area contributed by atoms with E-state index in [0.717, 1.165) is 0 Å². The molecule has 1 N–H and O–H groups in total. The van der Waals surface area contributed by atoms with Gasteiger partial charge in [-0.3, -0.25) is 14.4 Å². The van der Waals surface area contributed by atoms with Gasteiger partial charge in [-0.1, -0.05) is 19.9 Å². The third-order valence-electron chi connectivity index (χ3n) is 4.46. The Morgan fingerprint density at radius 3 is 2.41 bits per heavy atom. The molecule has 22 heavy (non-hydrogen) atoms. The summed E-state index contributed by atoms with van der Waals surface area (Å²) in [6, 6.07) is -1.19. The average molecular weight is 379 g/mol. The van der Waals surface area contributed by atoms with Crippen LogP contribution in [0.15, 0.2) is 0 Å². The Bertz CT molecular complexity index is 470. The van der Waals surface area contributed by atoms with Crippen molar-refractivity contribution < 1.29 is 47.1 Å². The van der Waals surface area contributed by atoms with Crippen molar-refractivity contribution in [1.29, 1.82) is 0 Å². The first-order chi connectivity index (χ1) is 9.80. The van der Waals surface area contributed by atoms with Crippen LogP contribution in [0.4, 0.5) is 0 Å². The Kier molecular flexibility index (Phi) is 6.78. The molecule has 0 aromatic carbocycles. The molecule has 2 aliphatic rings. The molecule has 0 unspecified atom stereocenters. The molecule has 2 amide bonds. The summed E-state index contributed by atoms with van der Waals surface area (Å²) in [5.41, 5.74) is -0.693. The number of carbonyl (C=O) groups excluding carboxylic acids is 3. The monoisotopic (exact) mass is 379 g/mol. The van der Waals surface area contributed by atoms with Gasteiger partial charge in [0.25, 0.3) is 0 Å². The predicted octanol–water partition coefficient (Wildman–Crippen LogP) is 0.304. The van der Waals surface area contributed by atoms with E-state index in [4.69, 9.17) is 7.98 Å². The Morgan fingerprint density at radius 1 is 1.36 bits per heavy atom. The van der Waals surface area contributed by atoms with Crippen molar-refractivity contribution in [2.24, 2.45) is 5.92 Å². The topological polar surface area (TPSA) is 80.6 Å². The van der Waals surface area contributed by atoms with Crippen LogP contribution in [0.3, 0.4) is 0 Å². The van der Waals surface area contributed by atoms with Crippen molar-refractivity contribution in [3.05, 3.63) is 5.23 Å². The Hall–Kier alpha value is -0.261. The van der Waals surface area contributed by atoms with Crippen LogP contribution in [-0.4, -0.2) is 54.6 Å². The van der Waals surface area contributed by atoms with Gasteiger partial charge < -0.3 is 15.4 Å². The van der Waals surface area contributed by atoms with Crippen molar-refractivity contribution >= 4 is 25.6 Å². The van der Waals surface area contributed by atoms with Crippen LogP contribution in [0.25, 0.3) is 5.23 Å². The molecule has 2 rings (SSSR count). The first-order valence-electron chi connectivity index (χ1n) is 7.34. The van der Waals surface area contributed by atoms with E-state index in [2.05, 4.69) is 10.5 Å². The molecule has 1 heterocycles. The standard InChI is InChI=1S/C14H21BN3O3.Y/c1-8-6-11(18(7-8)13(21)9(2)17-15)12(20)16-14(4-5-14)10(3)19;/h8-9,11H,4-7H2,1-3H3,(H,16,20);/q-1;/t8-,9+,11+;/m1./s1. The maximum absolute atomic E-state index is 12.5. The summed E-state index contributed by atoms with van der Waals surface area (Å²) in [6.45, 7) is 5.61. The zero-order valence-electron chi connectivity index (χ0n) is 13.3. The van der Waals surface area contributed by atoms with Gasteiger partial charge in [0, 0.05) is 39.3 Å². The van der Waals surface area contributed by atoms with Crippen molar-refractivity contribution in [3.8, 4) is 0 Å². The molecule has 3 atom stereocenters. The Balaban J connectivity index is 0.00000242. The van der Waals surface area contributed by atoms with E-state index in [1.165, 1.54) is 11.8 Å². The molecule has 2 fully saturated rings. The number of ketones is 1. The summed E-state index contributed by atoms with van der Waals surface area (Å²) in [5.74, 6) is -0.272. The van der Waals surface area contributed by atoms with Crippen LogP contribution in [0.1, 0.15) is 40.0 Å². The molecule has 6 nitrogen and oxygen atoms in total. The number of hydrogen-bond donors (Lipinski definition) is 1. The third-order valence-corrected chi connectivity index (χ3v) is 4.46. The summed E-state index contributed by atoms with van der Waals surface area (Å²) >= 11 is 0. The SMILES string of the molecule is [B][N-][C@@H](C)C(=O)N1C[C@H](C)C[C@H]1C(=O)NC1(C(C)=O)CC1.[Y]. The molecule has 0 aromatic heterocycles. The van der Waals surface area contributed by atoms with Gasteiger partial charge in [0.15, 0.2) is 5.78 Å². The second kappa shape index (κ2) is 7.54. The van der Waals surface area contributed by atoms with E-state index in [-0.39, 0.29) is 56.2 Å². The van der Waals surface area contributed by atoms with E-state index in [9.17, 15) is 14.4 Å². The van der Waals surface area contributed by atoms with Gasteiger partial charge >= 0.3 is 0 Å². The molecule has 117 valence electrons. The molecule has 0 bridgehead atoms. The van der Waals surface area contributed by atoms with Crippen molar-refractivity contribution in [1.82, 2.24) is 10.2 Å². The van der Waals surface area contributed by atoms with E-state index in [1.54, 1.807) is 6.92 Å².